The van der Waals surface area contributed by atoms with Gasteiger partial charge in [0, 0.05) is 76.1 Å². The highest BCUT2D eigenvalue weighted by atomic mass is 28.4. The van der Waals surface area contributed by atoms with E-state index in [0.717, 1.165) is 5.57 Å². The first-order valence-electron chi connectivity index (χ1n) is 8.36. The van der Waals surface area contributed by atoms with Crippen LogP contribution in [0.1, 0.15) is 6.92 Å². The van der Waals surface area contributed by atoms with Crippen LogP contribution in [0, 0.1) is 0 Å². The highest BCUT2D eigenvalue weighted by molar-refractivity contribution is 6.63. The maximum atomic E-state index is 5.35. The quantitative estimate of drug-likeness (QED) is 0.303. The highest BCUT2D eigenvalue weighted by Gasteiger charge is 2.43. The Morgan fingerprint density at radius 3 is 1.00 bits per heavy atom. The Morgan fingerprint density at radius 1 is 0.679 bits per heavy atom. The average molecular weight is 461 g/mol. The predicted octanol–water partition coefficient (Wildman–Crippen LogP) is 2.13. The molecule has 28 heavy (non-hydrogen) atoms. The standard InChI is InChI=1S/C10H24O6Si2.C3H10O3Si.C3H6/c1-10(8-17(11-2,12-3)13-4)9-18(14-5,15-6)16-7;1-4-7(5-2)6-3;1-3-2/h1,8-9H2,2-7H3;7H,1-3H3;3H,1H2,2H3. The zero-order chi connectivity index (χ0) is 22.6. The van der Waals surface area contributed by atoms with E-state index in [2.05, 4.69) is 13.2 Å². The fourth-order valence-corrected chi connectivity index (χ4v) is 6.06. The molecule has 0 aromatic rings. The minimum atomic E-state index is -2.66. The molecule has 0 aliphatic heterocycles. The van der Waals surface area contributed by atoms with Crippen molar-refractivity contribution < 1.29 is 39.8 Å². The smallest absolute Gasteiger partial charge is 0.379 e. The van der Waals surface area contributed by atoms with Crippen LogP contribution in [-0.2, 0) is 39.8 Å². The van der Waals surface area contributed by atoms with Crippen molar-refractivity contribution >= 4 is 27.1 Å². The second-order valence-electron chi connectivity index (χ2n) is 5.10. The van der Waals surface area contributed by atoms with Gasteiger partial charge in [0.25, 0.3) is 0 Å². The van der Waals surface area contributed by atoms with Gasteiger partial charge in [-0.2, -0.15) is 0 Å². The topological polar surface area (TPSA) is 83.1 Å². The predicted molar refractivity (Wildman–Crippen MR) is 116 cm³/mol. The lowest BCUT2D eigenvalue weighted by Gasteiger charge is -2.28. The lowest BCUT2D eigenvalue weighted by atomic mass is 10.4. The van der Waals surface area contributed by atoms with Crippen LogP contribution in [0.5, 0.6) is 0 Å². The van der Waals surface area contributed by atoms with E-state index in [1.54, 1.807) is 70.1 Å². The average Bonchev–Trinajstić information content (AvgIpc) is 2.73. The molecular weight excluding hydrogens is 420 g/mol. The molecule has 0 aliphatic rings. The molecule has 170 valence electrons. The molecule has 0 rings (SSSR count). The summed E-state index contributed by atoms with van der Waals surface area (Å²) in [4.78, 5) is 0. The van der Waals surface area contributed by atoms with E-state index < -0.39 is 27.1 Å². The Hall–Kier alpha value is -0.229. The van der Waals surface area contributed by atoms with Crippen LogP contribution in [-0.4, -0.2) is 91.1 Å². The van der Waals surface area contributed by atoms with Crippen LogP contribution >= 0.6 is 0 Å². The van der Waals surface area contributed by atoms with Gasteiger partial charge in [-0.05, 0) is 6.92 Å². The summed E-state index contributed by atoms with van der Waals surface area (Å²) in [6.45, 7) is 9.25. The molecule has 0 N–H and O–H groups in total. The third kappa shape index (κ3) is 13.9. The van der Waals surface area contributed by atoms with Gasteiger partial charge in [-0.3, -0.25) is 0 Å². The molecule has 0 heterocycles. The summed E-state index contributed by atoms with van der Waals surface area (Å²) in [7, 11) is 7.14. The number of hydrogen-bond donors (Lipinski definition) is 0. The van der Waals surface area contributed by atoms with E-state index in [4.69, 9.17) is 39.8 Å². The molecule has 0 amide bonds. The van der Waals surface area contributed by atoms with Gasteiger partial charge in [0.2, 0.25) is 0 Å². The Morgan fingerprint density at radius 2 is 0.893 bits per heavy atom. The molecule has 0 aromatic carbocycles. The normalized spacial score (nSPS) is 11.2. The fraction of sp³-hybridized carbons (Fsp3) is 0.750. The third-order valence-corrected chi connectivity index (χ3v) is 10.1. The van der Waals surface area contributed by atoms with Crippen molar-refractivity contribution in [3.05, 3.63) is 24.8 Å². The first kappa shape index (κ1) is 32.4. The highest BCUT2D eigenvalue weighted by Crippen LogP contribution is 2.26. The first-order chi connectivity index (χ1) is 13.2. The minimum absolute atomic E-state index is 0.501. The van der Waals surface area contributed by atoms with Gasteiger partial charge in [0.05, 0.1) is 0 Å². The molecule has 0 aromatic heterocycles. The van der Waals surface area contributed by atoms with E-state index in [1.807, 2.05) is 6.92 Å². The van der Waals surface area contributed by atoms with Crippen LogP contribution in [0.25, 0.3) is 0 Å². The van der Waals surface area contributed by atoms with Crippen molar-refractivity contribution in [3.63, 3.8) is 0 Å². The summed E-state index contributed by atoms with van der Waals surface area (Å²) in [6.07, 6.45) is 1.75. The van der Waals surface area contributed by atoms with E-state index in [-0.39, 0.29) is 0 Å². The van der Waals surface area contributed by atoms with E-state index in [1.165, 1.54) is 0 Å². The number of rotatable bonds is 13. The molecule has 0 atom stereocenters. The van der Waals surface area contributed by atoms with Crippen molar-refractivity contribution in [2.75, 3.05) is 64.0 Å². The van der Waals surface area contributed by atoms with Crippen LogP contribution in [0.2, 0.25) is 12.1 Å². The minimum Gasteiger partial charge on any atom is -0.379 e. The maximum Gasteiger partial charge on any atom is 0.504 e. The van der Waals surface area contributed by atoms with Crippen molar-refractivity contribution in [1.82, 2.24) is 0 Å². The molecule has 0 fully saturated rings. The van der Waals surface area contributed by atoms with Gasteiger partial charge in [0.1, 0.15) is 0 Å². The fourth-order valence-electron chi connectivity index (χ4n) is 1.90. The molecule has 9 nitrogen and oxygen atoms in total. The van der Waals surface area contributed by atoms with Crippen LogP contribution < -0.4 is 0 Å². The van der Waals surface area contributed by atoms with E-state index in [0.29, 0.717) is 12.1 Å². The molecular formula is C16H40O9Si3. The number of hydrogen-bond acceptors (Lipinski definition) is 9. The summed E-state index contributed by atoms with van der Waals surface area (Å²) >= 11 is 0. The lowest BCUT2D eigenvalue weighted by molar-refractivity contribution is 0.121. The molecule has 0 aliphatic carbocycles. The Labute approximate surface area is 175 Å². The first-order valence-corrected chi connectivity index (χ1v) is 13.6. The Balaban J connectivity index is -0.000000516. The van der Waals surface area contributed by atoms with Crippen LogP contribution in [0.3, 0.4) is 0 Å². The molecule has 0 saturated carbocycles. The van der Waals surface area contributed by atoms with E-state index >= 15 is 0 Å². The van der Waals surface area contributed by atoms with Gasteiger partial charge in [-0.15, -0.1) is 6.58 Å². The Bertz CT molecular complexity index is 328. The van der Waals surface area contributed by atoms with Crippen LogP contribution in [0.15, 0.2) is 24.8 Å². The van der Waals surface area contributed by atoms with Crippen molar-refractivity contribution in [2.24, 2.45) is 0 Å². The zero-order valence-corrected chi connectivity index (χ0v) is 22.3. The summed E-state index contributed by atoms with van der Waals surface area (Å²) in [6, 6.07) is 1.00. The molecule has 0 spiro atoms. The largest absolute Gasteiger partial charge is 0.504 e. The van der Waals surface area contributed by atoms with Crippen LogP contribution in [0.4, 0.5) is 0 Å². The molecule has 0 radical (unpaired) electrons. The van der Waals surface area contributed by atoms with Gasteiger partial charge >= 0.3 is 27.1 Å². The van der Waals surface area contributed by atoms with Crippen molar-refractivity contribution in [3.8, 4) is 0 Å². The van der Waals surface area contributed by atoms with Gasteiger partial charge in [-0.25, -0.2) is 0 Å². The lowest BCUT2D eigenvalue weighted by Crippen LogP contribution is -2.46. The van der Waals surface area contributed by atoms with Gasteiger partial charge in [-0.1, -0.05) is 18.2 Å². The van der Waals surface area contributed by atoms with Crippen molar-refractivity contribution in [2.45, 2.75) is 19.0 Å². The zero-order valence-electron chi connectivity index (χ0n) is 19.2. The summed E-state index contributed by atoms with van der Waals surface area (Å²) < 4.78 is 46.3. The second-order valence-corrected chi connectivity index (χ2v) is 13.0. The molecule has 0 saturated heterocycles. The van der Waals surface area contributed by atoms with Gasteiger partial charge in [0.15, 0.2) is 0 Å². The summed E-state index contributed by atoms with van der Waals surface area (Å²) in [5, 5.41) is 0. The SMILES string of the molecule is C=C(C[Si](OC)(OC)OC)C[Si](OC)(OC)OC.C=CC.CO[SiH](OC)OC. The number of allylic oxidation sites excluding steroid dienone is 2. The molecule has 0 unspecified atom stereocenters. The van der Waals surface area contributed by atoms with Gasteiger partial charge < -0.3 is 39.8 Å². The summed E-state index contributed by atoms with van der Waals surface area (Å²) in [5.41, 5.74) is 0.865. The monoisotopic (exact) mass is 460 g/mol. The second kappa shape index (κ2) is 20.1. The molecule has 12 heteroatoms. The third-order valence-electron chi connectivity index (χ3n) is 3.38. The van der Waals surface area contributed by atoms with E-state index in [9.17, 15) is 0 Å². The molecule has 0 bridgehead atoms. The van der Waals surface area contributed by atoms with Crippen molar-refractivity contribution in [1.29, 1.82) is 0 Å². The summed E-state index contributed by atoms with van der Waals surface area (Å²) in [5.74, 6) is 0. The maximum absolute atomic E-state index is 5.35. The Kier molecular flexibility index (Phi) is 23.2.